The van der Waals surface area contributed by atoms with Crippen LogP contribution in [-0.4, -0.2) is 23.0 Å². The van der Waals surface area contributed by atoms with Crippen LogP contribution in [0.4, 0.5) is 13.2 Å². The third-order valence-corrected chi connectivity index (χ3v) is 3.16. The lowest BCUT2D eigenvalue weighted by Gasteiger charge is -2.13. The minimum absolute atomic E-state index is 0.250. The van der Waals surface area contributed by atoms with Crippen LogP contribution in [0.5, 0.6) is 5.75 Å². The van der Waals surface area contributed by atoms with Crippen molar-refractivity contribution in [3.8, 4) is 16.9 Å². The Morgan fingerprint density at radius 1 is 1.35 bits per heavy atom. The van der Waals surface area contributed by atoms with E-state index >= 15 is 0 Å². The van der Waals surface area contributed by atoms with Crippen molar-refractivity contribution in [1.82, 2.24) is 9.55 Å². The molecule has 0 saturated heterocycles. The number of benzene rings is 1. The summed E-state index contributed by atoms with van der Waals surface area (Å²) in [4.78, 5) is 8.29. The minimum Gasteiger partial charge on any atom is -0.406 e. The molecule has 2 aromatic rings. The molecule has 7 heteroatoms. The van der Waals surface area contributed by atoms with Crippen molar-refractivity contribution in [2.24, 2.45) is 4.99 Å². The molecule has 0 saturated carbocycles. The van der Waals surface area contributed by atoms with Crippen molar-refractivity contribution >= 4 is 5.70 Å². The van der Waals surface area contributed by atoms with E-state index in [4.69, 9.17) is 0 Å². The highest BCUT2D eigenvalue weighted by atomic mass is 19.4. The molecule has 122 valence electrons. The van der Waals surface area contributed by atoms with Crippen LogP contribution in [0.25, 0.3) is 16.8 Å². The molecule has 0 spiro atoms. The van der Waals surface area contributed by atoms with E-state index in [1.165, 1.54) is 12.1 Å². The maximum absolute atomic E-state index is 12.3. The average molecular weight is 323 g/mol. The molecule has 0 atom stereocenters. The lowest BCUT2D eigenvalue weighted by Crippen LogP contribution is -2.22. The fraction of sp³-hybridized carbons (Fsp3) is 0.250. The number of aryl methyl sites for hydroxylation is 1. The van der Waals surface area contributed by atoms with Crippen molar-refractivity contribution in [2.75, 3.05) is 7.05 Å². The molecule has 1 aromatic heterocycles. The summed E-state index contributed by atoms with van der Waals surface area (Å²) < 4.78 is 42.4. The molecule has 4 nitrogen and oxygen atoms in total. The number of nitrogens with zero attached hydrogens (tertiary/aromatic N) is 3. The Balaban J connectivity index is 2.47. The van der Waals surface area contributed by atoms with Gasteiger partial charge < -0.3 is 4.74 Å². The minimum atomic E-state index is -4.71. The fourth-order valence-electron chi connectivity index (χ4n) is 2.16. The SMILES string of the molecule is C=C(C)n1cc(-c2ccc(OC(F)(F)F)cc2C)cnc1=NC. The number of alkyl halides is 3. The van der Waals surface area contributed by atoms with E-state index in [1.54, 1.807) is 37.0 Å². The second-order valence-corrected chi connectivity index (χ2v) is 5.00. The summed E-state index contributed by atoms with van der Waals surface area (Å²) in [7, 11) is 1.62. The Morgan fingerprint density at radius 2 is 2.04 bits per heavy atom. The van der Waals surface area contributed by atoms with Crippen molar-refractivity contribution in [3.63, 3.8) is 0 Å². The van der Waals surface area contributed by atoms with Gasteiger partial charge in [-0.25, -0.2) is 4.98 Å². The van der Waals surface area contributed by atoms with Crippen molar-refractivity contribution in [1.29, 1.82) is 0 Å². The van der Waals surface area contributed by atoms with E-state index in [2.05, 4.69) is 21.3 Å². The molecule has 2 rings (SSSR count). The molecule has 0 N–H and O–H groups in total. The van der Waals surface area contributed by atoms with Crippen LogP contribution in [0.3, 0.4) is 0 Å². The van der Waals surface area contributed by atoms with Gasteiger partial charge in [0.1, 0.15) is 5.75 Å². The molecule has 0 amide bonds. The number of hydrogen-bond donors (Lipinski definition) is 0. The van der Waals surface area contributed by atoms with E-state index in [9.17, 15) is 13.2 Å². The van der Waals surface area contributed by atoms with E-state index in [0.717, 1.165) is 16.8 Å². The molecule has 1 aromatic carbocycles. The van der Waals surface area contributed by atoms with Crippen LogP contribution in [0.1, 0.15) is 12.5 Å². The van der Waals surface area contributed by atoms with Gasteiger partial charge in [0.2, 0.25) is 5.62 Å². The number of allylic oxidation sites excluding steroid dienone is 1. The predicted octanol–water partition coefficient (Wildman–Crippen LogP) is 3.78. The molecule has 0 aliphatic heterocycles. The first-order valence-corrected chi connectivity index (χ1v) is 6.75. The summed E-state index contributed by atoms with van der Waals surface area (Å²) >= 11 is 0. The third-order valence-electron chi connectivity index (χ3n) is 3.16. The Labute approximate surface area is 131 Å². The van der Waals surface area contributed by atoms with Crippen LogP contribution in [0.2, 0.25) is 0 Å². The number of halogens is 3. The molecule has 0 unspecified atom stereocenters. The molecule has 0 aliphatic carbocycles. The molecule has 0 fully saturated rings. The van der Waals surface area contributed by atoms with Gasteiger partial charge >= 0.3 is 6.36 Å². The summed E-state index contributed by atoms with van der Waals surface area (Å²) in [6.07, 6.45) is -1.29. The Bertz CT molecular complexity index is 807. The first kappa shape index (κ1) is 16.8. The number of rotatable bonds is 3. The lowest BCUT2D eigenvalue weighted by molar-refractivity contribution is -0.274. The van der Waals surface area contributed by atoms with Gasteiger partial charge in [0, 0.05) is 30.7 Å². The summed E-state index contributed by atoms with van der Waals surface area (Å²) in [6.45, 7) is 7.39. The van der Waals surface area contributed by atoms with Gasteiger partial charge in [-0.05, 0) is 37.1 Å². The predicted molar refractivity (Wildman–Crippen MR) is 81.6 cm³/mol. The highest BCUT2D eigenvalue weighted by Gasteiger charge is 2.31. The second kappa shape index (κ2) is 6.28. The Morgan fingerprint density at radius 3 is 2.57 bits per heavy atom. The molecule has 0 bridgehead atoms. The van der Waals surface area contributed by atoms with Gasteiger partial charge in [0.25, 0.3) is 0 Å². The van der Waals surface area contributed by atoms with Crippen LogP contribution < -0.4 is 10.4 Å². The monoisotopic (exact) mass is 323 g/mol. The van der Waals surface area contributed by atoms with Gasteiger partial charge in [-0.1, -0.05) is 12.6 Å². The van der Waals surface area contributed by atoms with Crippen molar-refractivity contribution in [3.05, 3.63) is 48.4 Å². The zero-order valence-corrected chi connectivity index (χ0v) is 13.0. The van der Waals surface area contributed by atoms with Gasteiger partial charge in [0.15, 0.2) is 0 Å². The van der Waals surface area contributed by atoms with Crippen molar-refractivity contribution in [2.45, 2.75) is 20.2 Å². The van der Waals surface area contributed by atoms with E-state index in [0.29, 0.717) is 11.2 Å². The maximum Gasteiger partial charge on any atom is 0.573 e. The Hall–Kier alpha value is -2.57. The topological polar surface area (TPSA) is 39.4 Å². The molecular formula is C16H16F3N3O. The standard InChI is InChI=1S/C16H16F3N3O/c1-10(2)22-9-12(8-21-15(22)20-4)14-6-5-13(7-11(14)3)23-16(17,18)19/h5-9H,1H2,2-4H3. The zero-order chi connectivity index (χ0) is 17.2. The van der Waals surface area contributed by atoms with Crippen LogP contribution in [0, 0.1) is 6.92 Å². The first-order valence-electron chi connectivity index (χ1n) is 6.75. The summed E-state index contributed by atoms with van der Waals surface area (Å²) in [5, 5.41) is 0. The number of hydrogen-bond acceptors (Lipinski definition) is 3. The van der Waals surface area contributed by atoms with E-state index in [-0.39, 0.29) is 5.75 Å². The van der Waals surface area contributed by atoms with Gasteiger partial charge in [0.05, 0.1) is 0 Å². The average Bonchev–Trinajstić information content (AvgIpc) is 2.45. The van der Waals surface area contributed by atoms with Gasteiger partial charge in [-0.3, -0.25) is 9.56 Å². The van der Waals surface area contributed by atoms with E-state index in [1.807, 2.05) is 6.92 Å². The molecule has 0 radical (unpaired) electrons. The molecule has 1 heterocycles. The van der Waals surface area contributed by atoms with Crippen LogP contribution in [0.15, 0.2) is 42.2 Å². The van der Waals surface area contributed by atoms with Gasteiger partial charge in [-0.2, -0.15) is 0 Å². The number of ether oxygens (including phenoxy) is 1. The Kier molecular flexibility index (Phi) is 4.58. The quantitative estimate of drug-likeness (QED) is 0.862. The molecular weight excluding hydrogens is 307 g/mol. The lowest BCUT2D eigenvalue weighted by atomic mass is 10.0. The summed E-state index contributed by atoms with van der Waals surface area (Å²) in [5.41, 5.74) is 3.37. The molecule has 0 aliphatic rings. The number of aromatic nitrogens is 2. The van der Waals surface area contributed by atoms with Gasteiger partial charge in [-0.15, -0.1) is 13.2 Å². The highest BCUT2D eigenvalue weighted by molar-refractivity contribution is 5.67. The smallest absolute Gasteiger partial charge is 0.406 e. The third kappa shape index (κ3) is 4.00. The van der Waals surface area contributed by atoms with Crippen molar-refractivity contribution < 1.29 is 17.9 Å². The van der Waals surface area contributed by atoms with E-state index < -0.39 is 6.36 Å². The van der Waals surface area contributed by atoms with Crippen LogP contribution in [-0.2, 0) is 0 Å². The largest absolute Gasteiger partial charge is 0.573 e. The maximum atomic E-state index is 12.3. The van der Waals surface area contributed by atoms with Crippen LogP contribution >= 0.6 is 0 Å². The first-order chi connectivity index (χ1) is 10.7. The second-order valence-electron chi connectivity index (χ2n) is 5.00. The normalized spacial score (nSPS) is 12.3. The zero-order valence-electron chi connectivity index (χ0n) is 13.0. The summed E-state index contributed by atoms with van der Waals surface area (Å²) in [6, 6.07) is 4.18. The fourth-order valence-corrected chi connectivity index (χ4v) is 2.16. The summed E-state index contributed by atoms with van der Waals surface area (Å²) in [5.74, 6) is -0.250. The molecule has 23 heavy (non-hydrogen) atoms. The highest BCUT2D eigenvalue weighted by Crippen LogP contribution is 2.29.